The van der Waals surface area contributed by atoms with Gasteiger partial charge in [0.05, 0.1) is 0 Å². The normalized spacial score (nSPS) is 11.3. The van der Waals surface area contributed by atoms with E-state index in [4.69, 9.17) is 4.74 Å². The molecule has 16 heavy (non-hydrogen) atoms. The summed E-state index contributed by atoms with van der Waals surface area (Å²) in [6, 6.07) is 8.14. The van der Waals surface area contributed by atoms with Crippen molar-refractivity contribution in [3.63, 3.8) is 0 Å². The van der Waals surface area contributed by atoms with Crippen LogP contribution in [0.25, 0.3) is 6.08 Å². The Labute approximate surface area is 103 Å². The third kappa shape index (κ3) is 3.51. The number of ether oxygens (including phenoxy) is 1. The predicted molar refractivity (Wildman–Crippen MR) is 68.0 cm³/mol. The van der Waals surface area contributed by atoms with Crippen LogP contribution in [0.1, 0.15) is 19.4 Å². The molecule has 0 aliphatic rings. The van der Waals surface area contributed by atoms with Crippen LogP contribution in [0.3, 0.4) is 0 Å². The van der Waals surface area contributed by atoms with Crippen LogP contribution in [0.4, 0.5) is 0 Å². The van der Waals surface area contributed by atoms with Crippen molar-refractivity contribution in [2.45, 2.75) is 19.7 Å². The molecule has 0 saturated heterocycles. The Morgan fingerprint density at radius 1 is 1.44 bits per heavy atom. The molecule has 1 aromatic carbocycles. The second-order valence-electron chi connectivity index (χ2n) is 3.29. The average Bonchev–Trinajstić information content (AvgIpc) is 2.30. The van der Waals surface area contributed by atoms with Gasteiger partial charge in [-0.3, -0.25) is 0 Å². The maximum absolute atomic E-state index is 11.5. The average molecular weight is 283 g/mol. The Balaban J connectivity index is 2.93. The van der Waals surface area contributed by atoms with Crippen molar-refractivity contribution in [1.29, 1.82) is 0 Å². The SMILES string of the molecule is CCOC(=O)/C(C)=C/c1ccccc1[Se]C. The summed E-state index contributed by atoms with van der Waals surface area (Å²) in [6.07, 6.45) is 1.90. The molecule has 3 heteroatoms. The first kappa shape index (κ1) is 13.0. The summed E-state index contributed by atoms with van der Waals surface area (Å²) in [5.41, 5.74) is 1.77. The Kier molecular flexibility index (Phi) is 5.30. The predicted octanol–water partition coefficient (Wildman–Crippen LogP) is 2.03. The molecule has 1 rings (SSSR count). The van der Waals surface area contributed by atoms with Gasteiger partial charge in [0.1, 0.15) is 0 Å². The van der Waals surface area contributed by atoms with Crippen molar-refractivity contribution in [3.05, 3.63) is 35.4 Å². The van der Waals surface area contributed by atoms with Gasteiger partial charge in [-0.05, 0) is 0 Å². The molecule has 0 aliphatic carbocycles. The second kappa shape index (κ2) is 6.51. The van der Waals surface area contributed by atoms with E-state index >= 15 is 0 Å². The molecule has 1 aromatic rings. The molecule has 0 saturated carbocycles. The minimum absolute atomic E-state index is 0.235. The summed E-state index contributed by atoms with van der Waals surface area (Å²) in [4.78, 5) is 11.5. The first-order valence-corrected chi connectivity index (χ1v) is 7.74. The van der Waals surface area contributed by atoms with Crippen LogP contribution in [0.2, 0.25) is 5.82 Å². The summed E-state index contributed by atoms with van der Waals surface area (Å²) in [6.45, 7) is 4.02. The Bertz CT molecular complexity index is 397. The van der Waals surface area contributed by atoms with Gasteiger partial charge >= 0.3 is 103 Å². The van der Waals surface area contributed by atoms with E-state index in [2.05, 4.69) is 11.9 Å². The van der Waals surface area contributed by atoms with Crippen molar-refractivity contribution >= 4 is 31.5 Å². The fourth-order valence-corrected chi connectivity index (χ4v) is 2.53. The summed E-state index contributed by atoms with van der Waals surface area (Å²) in [5, 5.41) is 0. The standard InChI is InChI=1S/C13H16O2Se/c1-4-15-13(14)10(2)9-11-7-5-6-8-12(11)16-3/h5-9H,4H2,1-3H3/b10-9+. The van der Waals surface area contributed by atoms with Crippen LogP contribution < -0.4 is 4.46 Å². The van der Waals surface area contributed by atoms with E-state index in [9.17, 15) is 4.79 Å². The van der Waals surface area contributed by atoms with Crippen LogP contribution in [0.5, 0.6) is 0 Å². The zero-order valence-corrected chi connectivity index (χ0v) is 11.5. The maximum atomic E-state index is 11.5. The quantitative estimate of drug-likeness (QED) is 0.480. The van der Waals surface area contributed by atoms with Gasteiger partial charge in [0, 0.05) is 0 Å². The number of benzene rings is 1. The van der Waals surface area contributed by atoms with E-state index in [1.807, 2.05) is 31.2 Å². The van der Waals surface area contributed by atoms with Gasteiger partial charge in [0.15, 0.2) is 0 Å². The molecule has 0 fully saturated rings. The van der Waals surface area contributed by atoms with E-state index in [-0.39, 0.29) is 5.97 Å². The van der Waals surface area contributed by atoms with Crippen molar-refractivity contribution in [3.8, 4) is 0 Å². The molecule has 0 bridgehead atoms. The van der Waals surface area contributed by atoms with Gasteiger partial charge in [-0.25, -0.2) is 0 Å². The number of esters is 1. The van der Waals surface area contributed by atoms with Gasteiger partial charge in [-0.15, -0.1) is 0 Å². The van der Waals surface area contributed by atoms with Crippen molar-refractivity contribution in [2.24, 2.45) is 0 Å². The summed E-state index contributed by atoms with van der Waals surface area (Å²) in [7, 11) is 0. The van der Waals surface area contributed by atoms with Crippen LogP contribution in [-0.4, -0.2) is 27.5 Å². The first-order chi connectivity index (χ1) is 7.69. The molecule has 0 aromatic heterocycles. The molecular weight excluding hydrogens is 267 g/mol. The molecule has 86 valence electrons. The third-order valence-corrected chi connectivity index (χ3v) is 3.81. The molecule has 0 radical (unpaired) electrons. The number of hydrogen-bond donors (Lipinski definition) is 0. The number of rotatable bonds is 4. The molecule has 0 N–H and O–H groups in total. The molecule has 0 atom stereocenters. The zero-order valence-electron chi connectivity index (χ0n) is 9.82. The van der Waals surface area contributed by atoms with E-state index < -0.39 is 0 Å². The molecular formula is C13H16O2Se. The third-order valence-electron chi connectivity index (χ3n) is 2.11. The fourth-order valence-electron chi connectivity index (χ4n) is 1.32. The second-order valence-corrected chi connectivity index (χ2v) is 5.07. The number of carbonyl (C=O) groups excluding carboxylic acids is 1. The summed E-state index contributed by atoms with van der Waals surface area (Å²) < 4.78 is 6.25. The van der Waals surface area contributed by atoms with Crippen LogP contribution in [0.15, 0.2) is 29.8 Å². The summed E-state index contributed by atoms with van der Waals surface area (Å²) >= 11 is 0.433. The van der Waals surface area contributed by atoms with Crippen molar-refractivity contribution in [1.82, 2.24) is 0 Å². The topological polar surface area (TPSA) is 26.3 Å². The van der Waals surface area contributed by atoms with E-state index in [0.29, 0.717) is 27.1 Å². The Hall–Kier alpha value is -1.05. The van der Waals surface area contributed by atoms with Crippen molar-refractivity contribution < 1.29 is 9.53 Å². The van der Waals surface area contributed by atoms with E-state index in [1.54, 1.807) is 6.92 Å². The number of hydrogen-bond acceptors (Lipinski definition) is 2. The first-order valence-electron chi connectivity index (χ1n) is 5.17. The fraction of sp³-hybridized carbons (Fsp3) is 0.308. The summed E-state index contributed by atoms with van der Waals surface area (Å²) in [5.74, 6) is 1.93. The van der Waals surface area contributed by atoms with Crippen LogP contribution >= 0.6 is 0 Å². The van der Waals surface area contributed by atoms with Crippen LogP contribution in [-0.2, 0) is 9.53 Å². The monoisotopic (exact) mass is 284 g/mol. The minimum atomic E-state index is -0.235. The van der Waals surface area contributed by atoms with E-state index in [0.717, 1.165) is 5.56 Å². The van der Waals surface area contributed by atoms with E-state index in [1.165, 1.54) is 4.46 Å². The van der Waals surface area contributed by atoms with Crippen molar-refractivity contribution in [2.75, 3.05) is 6.61 Å². The molecule has 0 spiro atoms. The zero-order chi connectivity index (χ0) is 12.0. The molecule has 2 nitrogen and oxygen atoms in total. The molecule has 0 unspecified atom stereocenters. The van der Waals surface area contributed by atoms with Crippen LogP contribution in [0, 0.1) is 0 Å². The molecule has 0 amide bonds. The van der Waals surface area contributed by atoms with Gasteiger partial charge in [-0.2, -0.15) is 0 Å². The van der Waals surface area contributed by atoms with Gasteiger partial charge < -0.3 is 0 Å². The Morgan fingerprint density at radius 3 is 2.75 bits per heavy atom. The van der Waals surface area contributed by atoms with Gasteiger partial charge in [0.25, 0.3) is 0 Å². The molecule has 0 aliphatic heterocycles. The Morgan fingerprint density at radius 2 is 2.12 bits per heavy atom. The van der Waals surface area contributed by atoms with Gasteiger partial charge in [-0.1, -0.05) is 0 Å². The number of carbonyl (C=O) groups is 1. The molecule has 0 heterocycles. The van der Waals surface area contributed by atoms with Gasteiger partial charge in [0.2, 0.25) is 0 Å².